The fourth-order valence-electron chi connectivity index (χ4n) is 1.35. The van der Waals surface area contributed by atoms with Crippen molar-refractivity contribution in [2.45, 2.75) is 0 Å². The van der Waals surface area contributed by atoms with Crippen LogP contribution in [0.2, 0.25) is 5.02 Å². The molecule has 0 saturated carbocycles. The average molecular weight is 279 g/mol. The van der Waals surface area contributed by atoms with Crippen LogP contribution in [0.3, 0.4) is 0 Å². The van der Waals surface area contributed by atoms with Crippen LogP contribution in [0.15, 0.2) is 36.5 Å². The Hall–Kier alpha value is -2.54. The molecule has 0 aliphatic rings. The first-order chi connectivity index (χ1) is 9.08. The van der Waals surface area contributed by atoms with Gasteiger partial charge in [0.15, 0.2) is 5.82 Å². The summed E-state index contributed by atoms with van der Waals surface area (Å²) in [5, 5.41) is 20.3. The number of carbonyl (C=O) groups is 1. The Morgan fingerprint density at radius 2 is 2.16 bits per heavy atom. The molecule has 1 N–H and O–H groups in total. The van der Waals surface area contributed by atoms with Crippen molar-refractivity contribution in [3.63, 3.8) is 0 Å². The lowest BCUT2D eigenvalue weighted by atomic mass is 10.2. The topological polar surface area (TPSA) is 98.0 Å². The van der Waals surface area contributed by atoms with Crippen LogP contribution in [-0.2, 0) is 0 Å². The molecule has 0 unspecified atom stereocenters. The van der Waals surface area contributed by atoms with Crippen LogP contribution in [0.1, 0.15) is 10.4 Å². The number of halogens is 1. The number of nitro benzene ring substituents is 1. The van der Waals surface area contributed by atoms with E-state index < -0.39 is 10.8 Å². The minimum absolute atomic E-state index is 0.00408. The van der Waals surface area contributed by atoms with Gasteiger partial charge in [0, 0.05) is 18.3 Å². The van der Waals surface area contributed by atoms with E-state index in [0.29, 0.717) is 0 Å². The molecule has 0 spiro atoms. The van der Waals surface area contributed by atoms with Crippen molar-refractivity contribution < 1.29 is 9.72 Å². The molecule has 7 nitrogen and oxygen atoms in total. The second-order valence-electron chi connectivity index (χ2n) is 3.48. The lowest BCUT2D eigenvalue weighted by Gasteiger charge is -2.05. The van der Waals surface area contributed by atoms with E-state index >= 15 is 0 Å². The van der Waals surface area contributed by atoms with Gasteiger partial charge in [0.1, 0.15) is 0 Å². The molecular formula is C11H7ClN4O3. The third-order valence-electron chi connectivity index (χ3n) is 2.22. The van der Waals surface area contributed by atoms with Crippen molar-refractivity contribution in [3.05, 3.63) is 57.2 Å². The van der Waals surface area contributed by atoms with Crippen LogP contribution in [-0.4, -0.2) is 21.0 Å². The van der Waals surface area contributed by atoms with Gasteiger partial charge in [-0.15, -0.1) is 5.10 Å². The number of hydrogen-bond donors (Lipinski definition) is 1. The molecule has 0 radical (unpaired) electrons. The monoisotopic (exact) mass is 278 g/mol. The first-order valence-corrected chi connectivity index (χ1v) is 5.49. The summed E-state index contributed by atoms with van der Waals surface area (Å²) in [7, 11) is 0. The van der Waals surface area contributed by atoms with Gasteiger partial charge in [-0.3, -0.25) is 14.9 Å². The normalized spacial score (nSPS) is 9.95. The molecule has 0 atom stereocenters. The van der Waals surface area contributed by atoms with E-state index in [-0.39, 0.29) is 22.1 Å². The van der Waals surface area contributed by atoms with E-state index in [9.17, 15) is 14.9 Å². The highest BCUT2D eigenvalue weighted by molar-refractivity contribution is 6.34. The molecular weight excluding hydrogens is 272 g/mol. The Bertz CT molecular complexity index is 633. The number of benzene rings is 1. The minimum atomic E-state index is -0.587. The Morgan fingerprint density at radius 1 is 1.37 bits per heavy atom. The van der Waals surface area contributed by atoms with Gasteiger partial charge >= 0.3 is 0 Å². The Kier molecular flexibility index (Phi) is 3.67. The number of hydrogen-bond acceptors (Lipinski definition) is 5. The molecule has 0 aliphatic carbocycles. The lowest BCUT2D eigenvalue weighted by molar-refractivity contribution is -0.384. The number of rotatable bonds is 3. The summed E-state index contributed by atoms with van der Waals surface area (Å²) < 4.78 is 0. The predicted molar refractivity (Wildman–Crippen MR) is 68.1 cm³/mol. The molecule has 1 aromatic carbocycles. The summed E-state index contributed by atoms with van der Waals surface area (Å²) in [5.74, 6) is -0.248. The summed E-state index contributed by atoms with van der Waals surface area (Å²) >= 11 is 5.83. The maximum atomic E-state index is 11.9. The molecule has 0 saturated heterocycles. The van der Waals surface area contributed by atoms with Crippen molar-refractivity contribution in [2.24, 2.45) is 0 Å². The zero-order valence-electron chi connectivity index (χ0n) is 9.41. The number of aromatic nitrogens is 2. The number of anilines is 1. The minimum Gasteiger partial charge on any atom is -0.305 e. The molecule has 1 heterocycles. The molecule has 1 amide bonds. The van der Waals surface area contributed by atoms with E-state index in [4.69, 9.17) is 11.6 Å². The number of non-ortho nitro benzene ring substituents is 1. The maximum Gasteiger partial charge on any atom is 0.270 e. The second kappa shape index (κ2) is 5.40. The van der Waals surface area contributed by atoms with Gasteiger partial charge in [-0.2, -0.15) is 5.10 Å². The van der Waals surface area contributed by atoms with Gasteiger partial charge in [0.05, 0.1) is 15.5 Å². The van der Waals surface area contributed by atoms with Gasteiger partial charge in [-0.25, -0.2) is 0 Å². The van der Waals surface area contributed by atoms with E-state index in [1.165, 1.54) is 18.3 Å². The molecule has 0 aliphatic heterocycles. The van der Waals surface area contributed by atoms with Crippen molar-refractivity contribution >= 4 is 29.0 Å². The standard InChI is InChI=1S/C11H7ClN4O3/c12-9-6-7(16(18)19)3-4-8(9)11(17)14-10-2-1-5-13-15-10/h1-6H,(H,14,15,17). The number of carbonyl (C=O) groups excluding carboxylic acids is 1. The molecule has 0 bridgehead atoms. The number of amides is 1. The smallest absolute Gasteiger partial charge is 0.270 e. The summed E-state index contributed by atoms with van der Waals surface area (Å²) in [6.45, 7) is 0. The van der Waals surface area contributed by atoms with Gasteiger partial charge in [-0.05, 0) is 18.2 Å². The molecule has 2 rings (SSSR count). The first kappa shape index (κ1) is 12.9. The fourth-order valence-corrected chi connectivity index (χ4v) is 1.61. The molecule has 1 aromatic heterocycles. The van der Waals surface area contributed by atoms with E-state index in [1.54, 1.807) is 12.1 Å². The molecule has 96 valence electrons. The number of nitrogens with zero attached hydrogens (tertiary/aromatic N) is 3. The van der Waals surface area contributed by atoms with Crippen molar-refractivity contribution in [3.8, 4) is 0 Å². The van der Waals surface area contributed by atoms with Crippen LogP contribution >= 0.6 is 11.6 Å². The quantitative estimate of drug-likeness (QED) is 0.686. The van der Waals surface area contributed by atoms with Crippen LogP contribution in [0.25, 0.3) is 0 Å². The van der Waals surface area contributed by atoms with Crippen LogP contribution in [0, 0.1) is 10.1 Å². The summed E-state index contributed by atoms with van der Waals surface area (Å²) in [4.78, 5) is 21.8. The molecule has 0 fully saturated rings. The van der Waals surface area contributed by atoms with E-state index in [1.807, 2.05) is 0 Å². The van der Waals surface area contributed by atoms with Crippen molar-refractivity contribution in [1.29, 1.82) is 0 Å². The van der Waals surface area contributed by atoms with Gasteiger partial charge < -0.3 is 5.32 Å². The highest BCUT2D eigenvalue weighted by Crippen LogP contribution is 2.23. The van der Waals surface area contributed by atoms with Crippen LogP contribution in [0.4, 0.5) is 11.5 Å². The van der Waals surface area contributed by atoms with E-state index in [2.05, 4.69) is 15.5 Å². The predicted octanol–water partition coefficient (Wildman–Crippen LogP) is 2.29. The van der Waals surface area contributed by atoms with E-state index in [0.717, 1.165) is 6.07 Å². The zero-order valence-corrected chi connectivity index (χ0v) is 10.2. The maximum absolute atomic E-state index is 11.9. The molecule has 19 heavy (non-hydrogen) atoms. The average Bonchev–Trinajstić information content (AvgIpc) is 2.39. The van der Waals surface area contributed by atoms with Crippen molar-refractivity contribution in [2.75, 3.05) is 5.32 Å². The van der Waals surface area contributed by atoms with Crippen molar-refractivity contribution in [1.82, 2.24) is 10.2 Å². The molecule has 2 aromatic rings. The SMILES string of the molecule is O=C(Nc1cccnn1)c1ccc([N+](=O)[O-])cc1Cl. The summed E-state index contributed by atoms with van der Waals surface area (Å²) in [6, 6.07) is 6.78. The Labute approximate surface area is 112 Å². The second-order valence-corrected chi connectivity index (χ2v) is 3.89. The fraction of sp³-hybridized carbons (Fsp3) is 0. The Balaban J connectivity index is 2.22. The largest absolute Gasteiger partial charge is 0.305 e. The highest BCUT2D eigenvalue weighted by atomic mass is 35.5. The van der Waals surface area contributed by atoms with Crippen LogP contribution < -0.4 is 5.32 Å². The third kappa shape index (κ3) is 3.02. The lowest BCUT2D eigenvalue weighted by Crippen LogP contribution is -2.13. The number of nitro groups is 1. The van der Waals surface area contributed by atoms with Gasteiger partial charge in [0.25, 0.3) is 11.6 Å². The Morgan fingerprint density at radius 3 is 2.74 bits per heavy atom. The van der Waals surface area contributed by atoms with Gasteiger partial charge in [-0.1, -0.05) is 11.6 Å². The molecule has 8 heteroatoms. The zero-order chi connectivity index (χ0) is 13.8. The highest BCUT2D eigenvalue weighted by Gasteiger charge is 2.15. The summed E-state index contributed by atoms with van der Waals surface area (Å²) in [5.41, 5.74) is -0.0565. The van der Waals surface area contributed by atoms with Gasteiger partial charge in [0.2, 0.25) is 0 Å². The summed E-state index contributed by atoms with van der Waals surface area (Å²) in [6.07, 6.45) is 1.47. The third-order valence-corrected chi connectivity index (χ3v) is 2.53. The van der Waals surface area contributed by atoms with Crippen LogP contribution in [0.5, 0.6) is 0 Å². The number of nitrogens with one attached hydrogen (secondary N) is 1. The first-order valence-electron chi connectivity index (χ1n) is 5.11.